The van der Waals surface area contributed by atoms with Crippen molar-refractivity contribution in [3.8, 4) is 5.75 Å². The van der Waals surface area contributed by atoms with Gasteiger partial charge in [-0.3, -0.25) is 4.68 Å². The topological polar surface area (TPSA) is 72.2 Å². The molecular formula is C30H27ClF3N7O. The molecule has 0 N–H and O–H groups in total. The molecule has 216 valence electrons. The lowest BCUT2D eigenvalue weighted by molar-refractivity contribution is -0.137. The molecule has 2 aromatic carbocycles. The van der Waals surface area contributed by atoms with Crippen LogP contribution >= 0.6 is 11.6 Å². The van der Waals surface area contributed by atoms with Crippen LogP contribution in [0.4, 0.5) is 36.4 Å². The van der Waals surface area contributed by atoms with E-state index in [9.17, 15) is 13.2 Å². The molecule has 0 radical (unpaired) electrons. The highest BCUT2D eigenvalue weighted by molar-refractivity contribution is 6.33. The maximum Gasteiger partial charge on any atom is 0.416 e. The molecule has 4 heterocycles. The van der Waals surface area contributed by atoms with Crippen molar-refractivity contribution >= 4 is 45.9 Å². The van der Waals surface area contributed by atoms with Crippen molar-refractivity contribution < 1.29 is 17.9 Å². The van der Waals surface area contributed by atoms with E-state index in [4.69, 9.17) is 31.4 Å². The van der Waals surface area contributed by atoms with E-state index in [1.165, 1.54) is 6.07 Å². The van der Waals surface area contributed by atoms with Crippen LogP contribution in [-0.2, 0) is 19.1 Å². The Labute approximate surface area is 245 Å². The van der Waals surface area contributed by atoms with Gasteiger partial charge >= 0.3 is 6.18 Å². The molecule has 0 unspecified atom stereocenters. The molecule has 3 aromatic heterocycles. The van der Waals surface area contributed by atoms with Crippen molar-refractivity contribution in [1.82, 2.24) is 24.7 Å². The fourth-order valence-corrected chi connectivity index (χ4v) is 5.45. The number of halogens is 4. The molecule has 0 saturated carbocycles. The molecule has 8 nitrogen and oxygen atoms in total. The van der Waals surface area contributed by atoms with Crippen molar-refractivity contribution in [1.29, 1.82) is 0 Å². The second kappa shape index (κ2) is 11.1. The van der Waals surface area contributed by atoms with Crippen LogP contribution in [-0.4, -0.2) is 44.9 Å². The van der Waals surface area contributed by atoms with E-state index in [1.807, 2.05) is 48.4 Å². The van der Waals surface area contributed by atoms with Crippen molar-refractivity contribution in [3.05, 3.63) is 88.7 Å². The van der Waals surface area contributed by atoms with Crippen LogP contribution < -0.4 is 14.5 Å². The summed E-state index contributed by atoms with van der Waals surface area (Å²) in [6, 6.07) is 15.0. The van der Waals surface area contributed by atoms with Gasteiger partial charge in [-0.15, -0.1) is 0 Å². The van der Waals surface area contributed by atoms with E-state index >= 15 is 0 Å². The van der Waals surface area contributed by atoms with E-state index in [2.05, 4.69) is 11.1 Å². The molecule has 0 aliphatic carbocycles. The van der Waals surface area contributed by atoms with Crippen molar-refractivity contribution in [2.24, 2.45) is 0 Å². The molecule has 6 rings (SSSR count). The van der Waals surface area contributed by atoms with Crippen LogP contribution in [0.15, 0.2) is 67.0 Å². The zero-order valence-corrected chi connectivity index (χ0v) is 23.7. The number of ether oxygens (including phenoxy) is 1. The van der Waals surface area contributed by atoms with Gasteiger partial charge in [0.05, 0.1) is 36.1 Å². The maximum absolute atomic E-state index is 13.3. The first kappa shape index (κ1) is 27.8. The second-order valence-electron chi connectivity index (χ2n) is 9.91. The summed E-state index contributed by atoms with van der Waals surface area (Å²) in [5.74, 6) is 2.44. The Kier molecular flexibility index (Phi) is 7.36. The number of methoxy groups -OCH3 is 1. The van der Waals surface area contributed by atoms with Crippen LogP contribution in [0.25, 0.3) is 11.0 Å². The van der Waals surface area contributed by atoms with Crippen LogP contribution in [0.3, 0.4) is 0 Å². The van der Waals surface area contributed by atoms with Gasteiger partial charge < -0.3 is 14.5 Å². The maximum atomic E-state index is 13.3. The smallest absolute Gasteiger partial charge is 0.416 e. The highest BCUT2D eigenvalue weighted by Gasteiger charge is 2.32. The molecule has 0 spiro atoms. The highest BCUT2D eigenvalue weighted by atomic mass is 35.5. The van der Waals surface area contributed by atoms with Gasteiger partial charge in [0.25, 0.3) is 0 Å². The molecule has 0 bridgehead atoms. The van der Waals surface area contributed by atoms with Crippen LogP contribution in [0, 0.1) is 0 Å². The summed E-state index contributed by atoms with van der Waals surface area (Å²) in [5.41, 5.74) is 2.87. The normalized spacial score (nSPS) is 13.3. The third-order valence-corrected chi connectivity index (χ3v) is 7.52. The van der Waals surface area contributed by atoms with Crippen molar-refractivity contribution in [3.63, 3.8) is 0 Å². The Morgan fingerprint density at radius 1 is 1.05 bits per heavy atom. The number of rotatable bonds is 7. The van der Waals surface area contributed by atoms with E-state index in [1.54, 1.807) is 22.9 Å². The molecule has 1 aliphatic rings. The van der Waals surface area contributed by atoms with Gasteiger partial charge in [-0.05, 0) is 67.3 Å². The SMILES string of the molecule is CCN(c1nc(N2CCCc3cccnc32)c2nn(Cc3ccc(OC)cc3)cc2n1)c1ccc(C(F)(F)F)cc1Cl. The largest absolute Gasteiger partial charge is 0.497 e. The van der Waals surface area contributed by atoms with Gasteiger partial charge in [-0.1, -0.05) is 29.8 Å². The molecular weight excluding hydrogens is 567 g/mol. The van der Waals surface area contributed by atoms with Gasteiger partial charge in [0.15, 0.2) is 11.3 Å². The van der Waals surface area contributed by atoms with Crippen molar-refractivity contribution in [2.75, 3.05) is 30.0 Å². The highest BCUT2D eigenvalue weighted by Crippen LogP contribution is 2.39. The fraction of sp³-hybridized carbons (Fsp3) is 0.267. The lowest BCUT2D eigenvalue weighted by Gasteiger charge is -2.30. The third kappa shape index (κ3) is 5.32. The molecule has 0 fully saturated rings. The van der Waals surface area contributed by atoms with Gasteiger partial charge in [-0.2, -0.15) is 23.3 Å². The Bertz CT molecular complexity index is 1740. The number of fused-ring (bicyclic) bond motifs is 2. The quantitative estimate of drug-likeness (QED) is 0.198. The monoisotopic (exact) mass is 593 g/mol. The van der Waals surface area contributed by atoms with E-state index in [0.717, 1.165) is 47.7 Å². The number of hydrogen-bond acceptors (Lipinski definition) is 7. The zero-order valence-electron chi connectivity index (χ0n) is 22.9. The third-order valence-electron chi connectivity index (χ3n) is 7.21. The molecule has 0 saturated heterocycles. The predicted octanol–water partition coefficient (Wildman–Crippen LogP) is 7.19. The molecule has 5 aromatic rings. The minimum atomic E-state index is -4.51. The Hall–Kier alpha value is -4.38. The number of anilines is 4. The summed E-state index contributed by atoms with van der Waals surface area (Å²) in [6.45, 7) is 3.40. The van der Waals surface area contributed by atoms with E-state index < -0.39 is 11.7 Å². The summed E-state index contributed by atoms with van der Waals surface area (Å²) in [7, 11) is 1.62. The van der Waals surface area contributed by atoms with Gasteiger partial charge in [-0.25, -0.2) is 9.97 Å². The first-order valence-corrected chi connectivity index (χ1v) is 13.9. The molecule has 0 atom stereocenters. The summed E-state index contributed by atoms with van der Waals surface area (Å²) in [5, 5.41) is 4.83. The molecule has 0 amide bonds. The average molecular weight is 594 g/mol. The van der Waals surface area contributed by atoms with E-state index in [0.29, 0.717) is 48.1 Å². The minimum Gasteiger partial charge on any atom is -0.497 e. The fourth-order valence-electron chi connectivity index (χ4n) is 5.17. The van der Waals surface area contributed by atoms with Crippen LogP contribution in [0.1, 0.15) is 30.0 Å². The first-order valence-electron chi connectivity index (χ1n) is 13.5. The molecule has 1 aliphatic heterocycles. The Morgan fingerprint density at radius 2 is 1.86 bits per heavy atom. The Morgan fingerprint density at radius 3 is 2.57 bits per heavy atom. The molecule has 12 heteroatoms. The number of aryl methyl sites for hydroxylation is 1. The number of alkyl halides is 3. The second-order valence-corrected chi connectivity index (χ2v) is 10.3. The average Bonchev–Trinajstić information content (AvgIpc) is 3.40. The minimum absolute atomic E-state index is 0.0443. The van der Waals surface area contributed by atoms with E-state index in [-0.39, 0.29) is 5.02 Å². The number of hydrogen-bond donors (Lipinski definition) is 0. The number of nitrogens with zero attached hydrogens (tertiary/aromatic N) is 7. The number of benzene rings is 2. The zero-order chi connectivity index (χ0) is 29.4. The predicted molar refractivity (Wildman–Crippen MR) is 156 cm³/mol. The summed E-state index contributed by atoms with van der Waals surface area (Å²) >= 11 is 6.41. The van der Waals surface area contributed by atoms with Gasteiger partial charge in [0.2, 0.25) is 5.95 Å². The standard InChI is InChI=1S/C30H27ClF3N7O/c1-3-40(25-13-10-21(16-23(25)31)30(32,33)34)29-36-24-18-39(17-19-8-11-22(42-2)12-9-19)38-26(24)28(37-29)41-15-5-7-20-6-4-14-35-27(20)41/h4,6,8-14,16,18H,3,5,7,15,17H2,1-2H3. The number of aromatic nitrogens is 5. The lowest BCUT2D eigenvalue weighted by atomic mass is 10.1. The summed E-state index contributed by atoms with van der Waals surface area (Å²) < 4.78 is 47.1. The Balaban J connectivity index is 1.47. The number of pyridine rings is 1. The molecule has 42 heavy (non-hydrogen) atoms. The summed E-state index contributed by atoms with van der Waals surface area (Å²) in [4.78, 5) is 18.2. The summed E-state index contributed by atoms with van der Waals surface area (Å²) in [6.07, 6.45) is 0.886. The van der Waals surface area contributed by atoms with Crippen molar-refractivity contribution in [2.45, 2.75) is 32.5 Å². The van der Waals surface area contributed by atoms with Gasteiger partial charge in [0, 0.05) is 19.3 Å². The van der Waals surface area contributed by atoms with Crippen LogP contribution in [0.5, 0.6) is 5.75 Å². The first-order chi connectivity index (χ1) is 20.2. The van der Waals surface area contributed by atoms with Gasteiger partial charge in [0.1, 0.15) is 17.1 Å². The lowest BCUT2D eigenvalue weighted by Crippen LogP contribution is -2.28. The van der Waals surface area contributed by atoms with Crippen LogP contribution in [0.2, 0.25) is 5.02 Å².